The molecule has 1 aromatic carbocycles. The van der Waals surface area contributed by atoms with Crippen molar-refractivity contribution in [3.8, 4) is 5.75 Å². The molecule has 0 saturated carbocycles. The summed E-state index contributed by atoms with van der Waals surface area (Å²) in [5.74, 6) is 0.644. The van der Waals surface area contributed by atoms with E-state index in [2.05, 4.69) is 22.1 Å². The van der Waals surface area contributed by atoms with Crippen LogP contribution in [-0.4, -0.2) is 35.6 Å². The van der Waals surface area contributed by atoms with Gasteiger partial charge in [0.15, 0.2) is 17.5 Å². The summed E-state index contributed by atoms with van der Waals surface area (Å²) < 4.78 is 13.3. The number of nitrogens with one attached hydrogen (secondary N) is 1. The first-order valence-corrected chi connectivity index (χ1v) is 7.60. The van der Waals surface area contributed by atoms with Gasteiger partial charge in [-0.3, -0.25) is 0 Å². The van der Waals surface area contributed by atoms with Crippen molar-refractivity contribution in [1.82, 2.24) is 10.2 Å². The van der Waals surface area contributed by atoms with Crippen molar-refractivity contribution in [2.24, 2.45) is 10.9 Å². The Balaban J connectivity index is 0.00000242. The van der Waals surface area contributed by atoms with Crippen LogP contribution >= 0.6 is 24.0 Å². The molecule has 1 atom stereocenters. The third-order valence-corrected chi connectivity index (χ3v) is 3.71. The summed E-state index contributed by atoms with van der Waals surface area (Å²) >= 11 is 0. The molecule has 2 N–H and O–H groups in total. The fourth-order valence-electron chi connectivity index (χ4n) is 2.62. The average Bonchev–Trinajstić information content (AvgIpc) is 2.47. The molecular weight excluding hydrogens is 396 g/mol. The Hall–Kier alpha value is -1.05. The van der Waals surface area contributed by atoms with Crippen LogP contribution in [0.2, 0.25) is 0 Å². The molecule has 0 spiro atoms. The maximum Gasteiger partial charge on any atom is 0.194 e. The van der Waals surface area contributed by atoms with E-state index in [0.29, 0.717) is 12.5 Å². The van der Waals surface area contributed by atoms with Gasteiger partial charge in [0.05, 0.1) is 6.54 Å². The highest BCUT2D eigenvalue weighted by atomic mass is 127. The van der Waals surface area contributed by atoms with Gasteiger partial charge in [-0.1, -0.05) is 13.0 Å². The molecule has 124 valence electrons. The van der Waals surface area contributed by atoms with Gasteiger partial charge < -0.3 is 15.3 Å². The number of halogens is 2. The molecule has 6 heteroatoms. The molecule has 0 bridgehead atoms. The van der Waals surface area contributed by atoms with Gasteiger partial charge in [0.2, 0.25) is 0 Å². The lowest BCUT2D eigenvalue weighted by atomic mass is 10.0. The van der Waals surface area contributed by atoms with E-state index in [4.69, 9.17) is 0 Å². The number of likely N-dealkylation sites (tertiary alicyclic amines) is 1. The van der Waals surface area contributed by atoms with Crippen molar-refractivity contribution in [3.05, 3.63) is 29.6 Å². The van der Waals surface area contributed by atoms with Crippen molar-refractivity contribution < 1.29 is 9.50 Å². The average molecular weight is 421 g/mol. The van der Waals surface area contributed by atoms with E-state index in [9.17, 15) is 9.50 Å². The van der Waals surface area contributed by atoms with Crippen molar-refractivity contribution >= 4 is 29.9 Å². The maximum absolute atomic E-state index is 13.3. The van der Waals surface area contributed by atoms with Crippen LogP contribution in [0.25, 0.3) is 0 Å². The Kier molecular flexibility index (Phi) is 7.92. The molecule has 0 aliphatic carbocycles. The van der Waals surface area contributed by atoms with E-state index in [0.717, 1.165) is 31.2 Å². The molecule has 1 fully saturated rings. The second-order valence-electron chi connectivity index (χ2n) is 5.65. The Labute approximate surface area is 148 Å². The minimum absolute atomic E-state index is 0. The van der Waals surface area contributed by atoms with E-state index in [-0.39, 0.29) is 29.7 Å². The lowest BCUT2D eigenvalue weighted by Crippen LogP contribution is -2.46. The van der Waals surface area contributed by atoms with Crippen LogP contribution in [0.5, 0.6) is 5.75 Å². The van der Waals surface area contributed by atoms with Crippen molar-refractivity contribution in [2.45, 2.75) is 33.2 Å². The number of guanidine groups is 1. The summed E-state index contributed by atoms with van der Waals surface area (Å²) in [4.78, 5) is 6.87. The minimum atomic E-state index is -0.598. The van der Waals surface area contributed by atoms with Gasteiger partial charge in [0.1, 0.15) is 0 Å². The normalized spacial score (nSPS) is 18.8. The Bertz CT molecular complexity index is 510. The fourth-order valence-corrected chi connectivity index (χ4v) is 2.62. The first kappa shape index (κ1) is 19.0. The zero-order chi connectivity index (χ0) is 15.2. The Morgan fingerprint density at radius 1 is 1.50 bits per heavy atom. The summed E-state index contributed by atoms with van der Waals surface area (Å²) in [6, 6.07) is 4.40. The number of nitrogens with zero attached hydrogens (tertiary/aromatic N) is 2. The SMILES string of the molecule is CCNC(=NCc1ccc(O)c(F)c1)N1CCCC(C)C1.I. The smallest absolute Gasteiger partial charge is 0.194 e. The summed E-state index contributed by atoms with van der Waals surface area (Å²) in [5, 5.41) is 12.5. The third-order valence-electron chi connectivity index (χ3n) is 3.71. The minimum Gasteiger partial charge on any atom is -0.505 e. The number of hydrogen-bond acceptors (Lipinski definition) is 2. The highest BCUT2D eigenvalue weighted by molar-refractivity contribution is 14.0. The zero-order valence-corrected chi connectivity index (χ0v) is 15.5. The topological polar surface area (TPSA) is 47.9 Å². The second kappa shape index (κ2) is 9.17. The summed E-state index contributed by atoms with van der Waals surface area (Å²) in [6.07, 6.45) is 2.44. The number of benzene rings is 1. The maximum atomic E-state index is 13.3. The van der Waals surface area contributed by atoms with Gasteiger partial charge in [-0.25, -0.2) is 9.38 Å². The second-order valence-corrected chi connectivity index (χ2v) is 5.65. The molecule has 0 radical (unpaired) electrons. The number of aromatic hydroxyl groups is 1. The van der Waals surface area contributed by atoms with Gasteiger partial charge in [-0.05, 0) is 43.4 Å². The first-order chi connectivity index (χ1) is 10.1. The number of phenols is 1. The highest BCUT2D eigenvalue weighted by Crippen LogP contribution is 2.18. The van der Waals surface area contributed by atoms with Crippen molar-refractivity contribution in [2.75, 3.05) is 19.6 Å². The Morgan fingerprint density at radius 2 is 2.27 bits per heavy atom. The molecule has 1 unspecified atom stereocenters. The molecule has 4 nitrogen and oxygen atoms in total. The van der Waals surface area contributed by atoms with Crippen LogP contribution in [0.1, 0.15) is 32.3 Å². The molecule has 1 aliphatic heterocycles. The van der Waals surface area contributed by atoms with Gasteiger partial charge in [0.25, 0.3) is 0 Å². The zero-order valence-electron chi connectivity index (χ0n) is 13.2. The van der Waals surface area contributed by atoms with Gasteiger partial charge in [0, 0.05) is 19.6 Å². The molecule has 0 amide bonds. The summed E-state index contributed by atoms with van der Waals surface area (Å²) in [7, 11) is 0. The lowest BCUT2D eigenvalue weighted by Gasteiger charge is -2.33. The van der Waals surface area contributed by atoms with E-state index in [1.165, 1.54) is 25.0 Å². The Morgan fingerprint density at radius 3 is 2.91 bits per heavy atom. The molecular formula is C16H25FIN3O. The molecule has 0 aromatic heterocycles. The van der Waals surface area contributed by atoms with E-state index >= 15 is 0 Å². The van der Waals surface area contributed by atoms with Crippen LogP contribution in [0, 0.1) is 11.7 Å². The number of hydrogen-bond donors (Lipinski definition) is 2. The van der Waals surface area contributed by atoms with Gasteiger partial charge in [-0.15, -0.1) is 24.0 Å². The van der Waals surface area contributed by atoms with Gasteiger partial charge in [-0.2, -0.15) is 0 Å². The number of piperidine rings is 1. The first-order valence-electron chi connectivity index (χ1n) is 7.60. The van der Waals surface area contributed by atoms with E-state index in [1.54, 1.807) is 6.07 Å². The molecule has 1 saturated heterocycles. The van der Waals surface area contributed by atoms with Crippen molar-refractivity contribution in [3.63, 3.8) is 0 Å². The van der Waals surface area contributed by atoms with Crippen molar-refractivity contribution in [1.29, 1.82) is 0 Å². The predicted octanol–water partition coefficient (Wildman–Crippen LogP) is 3.35. The lowest BCUT2D eigenvalue weighted by molar-refractivity contribution is 0.266. The highest BCUT2D eigenvalue weighted by Gasteiger charge is 2.19. The quantitative estimate of drug-likeness (QED) is 0.447. The fraction of sp³-hybridized carbons (Fsp3) is 0.562. The largest absolute Gasteiger partial charge is 0.505 e. The monoisotopic (exact) mass is 421 g/mol. The summed E-state index contributed by atoms with van der Waals surface area (Å²) in [6.45, 7) is 7.54. The summed E-state index contributed by atoms with van der Waals surface area (Å²) in [5.41, 5.74) is 0.755. The van der Waals surface area contributed by atoms with Crippen LogP contribution in [-0.2, 0) is 6.54 Å². The molecule has 2 rings (SSSR count). The van der Waals surface area contributed by atoms with Crippen LogP contribution in [0.15, 0.2) is 23.2 Å². The van der Waals surface area contributed by atoms with Crippen LogP contribution in [0.3, 0.4) is 0 Å². The molecule has 1 heterocycles. The third kappa shape index (κ3) is 5.30. The number of aliphatic imine (C=N–C) groups is 1. The molecule has 22 heavy (non-hydrogen) atoms. The van der Waals surface area contributed by atoms with E-state index in [1.807, 2.05) is 6.92 Å². The molecule has 1 aromatic rings. The number of rotatable bonds is 3. The van der Waals surface area contributed by atoms with Crippen LogP contribution in [0.4, 0.5) is 4.39 Å². The van der Waals surface area contributed by atoms with Crippen LogP contribution < -0.4 is 5.32 Å². The van der Waals surface area contributed by atoms with Gasteiger partial charge >= 0.3 is 0 Å². The predicted molar refractivity (Wildman–Crippen MR) is 98.3 cm³/mol. The number of phenolic OH excluding ortho intramolecular Hbond substituents is 1. The molecule has 1 aliphatic rings. The standard InChI is InChI=1S/C16H24FN3O.HI/c1-3-18-16(20-8-4-5-12(2)11-20)19-10-13-6-7-15(21)14(17)9-13;/h6-7,9,12,21H,3-5,8,10-11H2,1-2H3,(H,18,19);1H. The van der Waals surface area contributed by atoms with E-state index < -0.39 is 5.82 Å².